The van der Waals surface area contributed by atoms with Crippen LogP contribution in [0.1, 0.15) is 33.4 Å². The molecule has 30 heavy (non-hydrogen) atoms. The summed E-state index contributed by atoms with van der Waals surface area (Å²) in [5, 5.41) is 0. The molecule has 0 bridgehead atoms. The number of halogens is 3. The number of benzene rings is 3. The van der Waals surface area contributed by atoms with Crippen LogP contribution in [0.25, 0.3) is 22.7 Å². The number of imidazole rings is 1. The molecule has 3 aromatic carbocycles. The molecule has 2 N–H and O–H groups in total. The van der Waals surface area contributed by atoms with Gasteiger partial charge < -0.3 is 9.97 Å². The van der Waals surface area contributed by atoms with E-state index in [0.717, 1.165) is 33.9 Å². The summed E-state index contributed by atoms with van der Waals surface area (Å²) in [6, 6.07) is 17.5. The summed E-state index contributed by atoms with van der Waals surface area (Å²) in [5.74, 6) is 0. The summed E-state index contributed by atoms with van der Waals surface area (Å²) in [6.45, 7) is 0. The van der Waals surface area contributed by atoms with E-state index in [-0.39, 0.29) is 5.69 Å². The molecule has 1 aliphatic carbocycles. The molecule has 0 saturated heterocycles. The van der Waals surface area contributed by atoms with E-state index in [2.05, 4.69) is 9.97 Å². The third kappa shape index (κ3) is 3.24. The summed E-state index contributed by atoms with van der Waals surface area (Å²) in [6.07, 6.45) is -1.19. The first kappa shape index (κ1) is 18.5. The normalized spacial score (nSPS) is 15.1. The van der Waals surface area contributed by atoms with Crippen LogP contribution in [0.4, 0.5) is 13.2 Å². The Morgan fingerprint density at radius 3 is 2.37 bits per heavy atom. The average molecular weight is 406 g/mol. The third-order valence-corrected chi connectivity index (χ3v) is 5.54. The largest absolute Gasteiger partial charge is 0.416 e. The standard InChI is InChI=1S/C24H17F3N2O/c25-24(26,27)17-8-9-19-16(13-17)7-6-15-3-1-2-4-18(15)20(19)11-14-5-10-21-22(12-14)29-23(30)28-21/h1-5,8-13H,6-7H2,(H2,28,29,30)/b20-11+. The predicted molar refractivity (Wildman–Crippen MR) is 111 cm³/mol. The minimum atomic E-state index is -4.37. The molecule has 0 saturated carbocycles. The van der Waals surface area contributed by atoms with Gasteiger partial charge in [0.25, 0.3) is 0 Å². The van der Waals surface area contributed by atoms with E-state index >= 15 is 0 Å². The van der Waals surface area contributed by atoms with Gasteiger partial charge in [0.05, 0.1) is 16.6 Å². The van der Waals surface area contributed by atoms with E-state index in [9.17, 15) is 18.0 Å². The molecule has 1 aliphatic rings. The smallest absolute Gasteiger partial charge is 0.306 e. The molecule has 6 heteroatoms. The topological polar surface area (TPSA) is 48.6 Å². The summed E-state index contributed by atoms with van der Waals surface area (Å²) in [7, 11) is 0. The van der Waals surface area contributed by atoms with Gasteiger partial charge >= 0.3 is 11.9 Å². The Morgan fingerprint density at radius 2 is 1.53 bits per heavy atom. The Labute approximate surface area is 169 Å². The number of rotatable bonds is 1. The first-order valence-corrected chi connectivity index (χ1v) is 9.61. The number of nitrogens with one attached hydrogen (secondary N) is 2. The molecule has 0 radical (unpaired) electrons. The maximum atomic E-state index is 13.3. The fourth-order valence-electron chi connectivity index (χ4n) is 4.12. The van der Waals surface area contributed by atoms with Gasteiger partial charge in [-0.3, -0.25) is 0 Å². The highest BCUT2D eigenvalue weighted by atomic mass is 19.4. The maximum absolute atomic E-state index is 13.3. The van der Waals surface area contributed by atoms with E-state index in [0.29, 0.717) is 29.4 Å². The zero-order valence-corrected chi connectivity index (χ0v) is 15.8. The van der Waals surface area contributed by atoms with Gasteiger partial charge in [0, 0.05) is 0 Å². The first-order valence-electron chi connectivity index (χ1n) is 9.61. The van der Waals surface area contributed by atoms with Crippen molar-refractivity contribution >= 4 is 22.7 Å². The molecule has 0 fully saturated rings. The molecule has 5 rings (SSSR count). The van der Waals surface area contributed by atoms with Crippen molar-refractivity contribution in [2.45, 2.75) is 19.0 Å². The van der Waals surface area contributed by atoms with Crippen LogP contribution in [0.15, 0.2) is 65.5 Å². The third-order valence-electron chi connectivity index (χ3n) is 5.54. The first-order chi connectivity index (χ1) is 14.4. The number of H-pyrrole nitrogens is 2. The zero-order valence-electron chi connectivity index (χ0n) is 15.8. The lowest BCUT2D eigenvalue weighted by Crippen LogP contribution is -2.06. The van der Waals surface area contributed by atoms with Crippen molar-refractivity contribution in [1.82, 2.24) is 9.97 Å². The van der Waals surface area contributed by atoms with Gasteiger partial charge in [0.1, 0.15) is 0 Å². The van der Waals surface area contributed by atoms with E-state index < -0.39 is 11.7 Å². The van der Waals surface area contributed by atoms with Gasteiger partial charge in [0.15, 0.2) is 0 Å². The lowest BCUT2D eigenvalue weighted by Gasteiger charge is -2.14. The molecule has 1 aromatic heterocycles. The second-order valence-corrected chi connectivity index (χ2v) is 7.47. The van der Waals surface area contributed by atoms with Gasteiger partial charge in [-0.15, -0.1) is 0 Å². The minimum Gasteiger partial charge on any atom is -0.306 e. The van der Waals surface area contributed by atoms with E-state index in [1.807, 2.05) is 48.5 Å². The zero-order chi connectivity index (χ0) is 20.9. The second-order valence-electron chi connectivity index (χ2n) is 7.47. The molecule has 0 amide bonds. The summed E-state index contributed by atoms with van der Waals surface area (Å²) < 4.78 is 39.8. The molecule has 0 aliphatic heterocycles. The molecule has 0 unspecified atom stereocenters. The van der Waals surface area contributed by atoms with E-state index in [1.165, 1.54) is 6.07 Å². The Kier molecular flexibility index (Phi) is 4.17. The van der Waals surface area contributed by atoms with Crippen LogP contribution in [0.3, 0.4) is 0 Å². The van der Waals surface area contributed by atoms with Crippen LogP contribution >= 0.6 is 0 Å². The summed E-state index contributed by atoms with van der Waals surface area (Å²) >= 11 is 0. The lowest BCUT2D eigenvalue weighted by molar-refractivity contribution is -0.137. The highest BCUT2D eigenvalue weighted by Crippen LogP contribution is 2.38. The monoisotopic (exact) mass is 406 g/mol. The van der Waals surface area contributed by atoms with Crippen LogP contribution in [-0.4, -0.2) is 9.97 Å². The Morgan fingerprint density at radius 1 is 0.800 bits per heavy atom. The van der Waals surface area contributed by atoms with Crippen LogP contribution in [0, 0.1) is 0 Å². The van der Waals surface area contributed by atoms with Crippen LogP contribution in [0.2, 0.25) is 0 Å². The maximum Gasteiger partial charge on any atom is 0.416 e. The summed E-state index contributed by atoms with van der Waals surface area (Å²) in [4.78, 5) is 17.0. The second kappa shape index (κ2) is 6.76. The number of aryl methyl sites for hydroxylation is 2. The Hall–Kier alpha value is -3.54. The Bertz CT molecular complexity index is 1360. The van der Waals surface area contributed by atoms with E-state index in [1.54, 1.807) is 6.07 Å². The van der Waals surface area contributed by atoms with Gasteiger partial charge in [0.2, 0.25) is 0 Å². The average Bonchev–Trinajstić information content (AvgIpc) is 3.01. The molecule has 0 atom stereocenters. The quantitative estimate of drug-likeness (QED) is 0.427. The molecular formula is C24H17F3N2O. The van der Waals surface area contributed by atoms with Crippen LogP contribution in [0.5, 0.6) is 0 Å². The molecular weight excluding hydrogens is 389 g/mol. The summed E-state index contributed by atoms with van der Waals surface area (Å²) in [5.41, 5.74) is 5.82. The van der Waals surface area contributed by atoms with Crippen molar-refractivity contribution in [3.8, 4) is 0 Å². The SMILES string of the molecule is O=c1[nH]c2ccc(/C=C3\c4ccccc4CCc4cc(C(F)(F)F)ccc43)cc2[nH]1. The van der Waals surface area contributed by atoms with Gasteiger partial charge in [-0.25, -0.2) is 4.79 Å². The van der Waals surface area contributed by atoms with Crippen molar-refractivity contribution in [2.24, 2.45) is 0 Å². The number of alkyl halides is 3. The van der Waals surface area contributed by atoms with Crippen molar-refractivity contribution in [3.63, 3.8) is 0 Å². The van der Waals surface area contributed by atoms with E-state index in [4.69, 9.17) is 0 Å². The lowest BCUT2D eigenvalue weighted by atomic mass is 9.91. The van der Waals surface area contributed by atoms with Gasteiger partial charge in [-0.1, -0.05) is 36.4 Å². The number of hydrogen-bond acceptors (Lipinski definition) is 1. The number of fused-ring (bicyclic) bond motifs is 3. The Balaban J connectivity index is 1.72. The molecule has 150 valence electrons. The highest BCUT2D eigenvalue weighted by Gasteiger charge is 2.31. The number of hydrogen-bond donors (Lipinski definition) is 2. The molecule has 3 nitrogen and oxygen atoms in total. The van der Waals surface area contributed by atoms with Crippen molar-refractivity contribution in [3.05, 3.63) is 105 Å². The van der Waals surface area contributed by atoms with Crippen LogP contribution < -0.4 is 5.69 Å². The highest BCUT2D eigenvalue weighted by molar-refractivity contribution is 5.95. The van der Waals surface area contributed by atoms with Crippen molar-refractivity contribution in [1.29, 1.82) is 0 Å². The van der Waals surface area contributed by atoms with Gasteiger partial charge in [-0.05, 0) is 76.6 Å². The molecule has 1 heterocycles. The number of aromatic amines is 2. The molecule has 0 spiro atoms. The number of aromatic nitrogens is 2. The fourth-order valence-corrected chi connectivity index (χ4v) is 4.12. The fraction of sp³-hybridized carbons (Fsp3) is 0.125. The van der Waals surface area contributed by atoms with Crippen molar-refractivity contribution < 1.29 is 13.2 Å². The predicted octanol–water partition coefficient (Wildman–Crippen LogP) is 5.56. The molecule has 4 aromatic rings. The van der Waals surface area contributed by atoms with Crippen LogP contribution in [-0.2, 0) is 19.0 Å². The minimum absolute atomic E-state index is 0.278. The van der Waals surface area contributed by atoms with Gasteiger partial charge in [-0.2, -0.15) is 13.2 Å². The van der Waals surface area contributed by atoms with Crippen molar-refractivity contribution in [2.75, 3.05) is 0 Å².